The number of hydrogen-bond donors (Lipinski definition) is 1. The highest BCUT2D eigenvalue weighted by atomic mass is 32.2. The first-order chi connectivity index (χ1) is 18.2. The highest BCUT2D eigenvalue weighted by Crippen LogP contribution is 2.16. The Morgan fingerprint density at radius 2 is 1.45 bits per heavy atom. The van der Waals surface area contributed by atoms with Crippen molar-refractivity contribution in [3.8, 4) is 5.75 Å². The second-order valence-corrected chi connectivity index (χ2v) is 11.2. The number of sulfonamides is 1. The van der Waals surface area contributed by atoms with Gasteiger partial charge in [0.2, 0.25) is 21.8 Å². The molecule has 0 spiro atoms. The van der Waals surface area contributed by atoms with Crippen molar-refractivity contribution in [2.24, 2.45) is 0 Å². The van der Waals surface area contributed by atoms with E-state index in [4.69, 9.17) is 4.74 Å². The Kier molecular flexibility index (Phi) is 10.4. The molecule has 3 aromatic carbocycles. The number of rotatable bonds is 13. The Hall–Kier alpha value is -3.69. The fourth-order valence-corrected chi connectivity index (χ4v) is 4.32. The minimum absolute atomic E-state index is 0.167. The molecule has 9 heteroatoms. The molecule has 38 heavy (non-hydrogen) atoms. The average Bonchev–Trinajstić information content (AvgIpc) is 2.91. The molecule has 0 saturated carbocycles. The molecule has 3 aromatic rings. The average molecular weight is 538 g/mol. The predicted octanol–water partition coefficient (Wildman–Crippen LogP) is 2.89. The van der Waals surface area contributed by atoms with Crippen LogP contribution in [-0.4, -0.2) is 69.0 Å². The number of carbonyl (C=O) groups excluding carboxylic acids is 2. The summed E-state index contributed by atoms with van der Waals surface area (Å²) in [6.07, 6.45) is 1.95. The van der Waals surface area contributed by atoms with Gasteiger partial charge in [-0.05, 0) is 35.2 Å². The Bertz CT molecular complexity index is 1280. The largest absolute Gasteiger partial charge is 0.497 e. The topological polar surface area (TPSA) is 96.0 Å². The minimum atomic E-state index is -3.58. The first-order valence-electron chi connectivity index (χ1n) is 12.4. The summed E-state index contributed by atoms with van der Waals surface area (Å²) < 4.78 is 30.2. The lowest BCUT2D eigenvalue weighted by atomic mass is 10.0. The number of benzene rings is 3. The number of likely N-dealkylation sites (N-methyl/N-ethyl adjacent to an activating group) is 1. The third kappa shape index (κ3) is 8.71. The summed E-state index contributed by atoms with van der Waals surface area (Å²) in [6.45, 7) is 0.184. The molecule has 0 heterocycles. The molecule has 1 atom stereocenters. The second-order valence-electron chi connectivity index (χ2n) is 9.12. The van der Waals surface area contributed by atoms with Crippen LogP contribution in [0, 0.1) is 0 Å². The summed E-state index contributed by atoms with van der Waals surface area (Å²) in [5, 5.41) is 2.99. The Labute approximate surface area is 225 Å². The number of methoxy groups -OCH3 is 1. The van der Waals surface area contributed by atoms with Gasteiger partial charge < -0.3 is 15.0 Å². The molecule has 1 N–H and O–H groups in total. The number of nitrogens with one attached hydrogen (secondary N) is 1. The summed E-state index contributed by atoms with van der Waals surface area (Å²) in [7, 11) is -0.617. The third-order valence-electron chi connectivity index (χ3n) is 6.26. The SMILES string of the molecule is COc1ccc(CCNC(=O)C(Cc2ccccc2)N(Cc2ccccc2)C(=O)CN(C)S(C)(=O)=O)cc1. The summed E-state index contributed by atoms with van der Waals surface area (Å²) in [4.78, 5) is 28.6. The van der Waals surface area contributed by atoms with Crippen molar-refractivity contribution in [2.45, 2.75) is 25.4 Å². The maximum Gasteiger partial charge on any atom is 0.243 e. The molecule has 3 rings (SSSR count). The maximum atomic E-state index is 13.6. The van der Waals surface area contributed by atoms with Crippen LogP contribution in [0.2, 0.25) is 0 Å². The minimum Gasteiger partial charge on any atom is -0.497 e. The molecular formula is C29H35N3O5S. The van der Waals surface area contributed by atoms with E-state index >= 15 is 0 Å². The van der Waals surface area contributed by atoms with Crippen LogP contribution in [0.3, 0.4) is 0 Å². The van der Waals surface area contributed by atoms with Crippen LogP contribution in [0.15, 0.2) is 84.9 Å². The molecule has 1 unspecified atom stereocenters. The number of hydrogen-bond acceptors (Lipinski definition) is 5. The summed E-state index contributed by atoms with van der Waals surface area (Å²) in [5.41, 5.74) is 2.77. The van der Waals surface area contributed by atoms with E-state index in [0.717, 1.165) is 33.0 Å². The molecule has 2 amide bonds. The first-order valence-corrected chi connectivity index (χ1v) is 14.2. The van der Waals surface area contributed by atoms with Crippen molar-refractivity contribution in [3.63, 3.8) is 0 Å². The zero-order valence-electron chi connectivity index (χ0n) is 22.0. The van der Waals surface area contributed by atoms with Gasteiger partial charge in [-0.2, -0.15) is 4.31 Å². The molecular weight excluding hydrogens is 502 g/mol. The number of amides is 2. The summed E-state index contributed by atoms with van der Waals surface area (Å²) in [6, 6.07) is 25.6. The Balaban J connectivity index is 1.85. The molecule has 0 aliphatic rings. The number of ether oxygens (including phenoxy) is 1. The van der Waals surface area contributed by atoms with Gasteiger partial charge >= 0.3 is 0 Å². The van der Waals surface area contributed by atoms with Gasteiger partial charge in [0, 0.05) is 26.6 Å². The van der Waals surface area contributed by atoms with Gasteiger partial charge in [0.15, 0.2) is 0 Å². The van der Waals surface area contributed by atoms with Crippen molar-refractivity contribution < 1.29 is 22.7 Å². The van der Waals surface area contributed by atoms with E-state index in [1.807, 2.05) is 84.9 Å². The zero-order valence-corrected chi connectivity index (χ0v) is 22.9. The molecule has 0 aliphatic carbocycles. The van der Waals surface area contributed by atoms with E-state index in [2.05, 4.69) is 5.32 Å². The van der Waals surface area contributed by atoms with E-state index in [1.54, 1.807) is 7.11 Å². The van der Waals surface area contributed by atoms with Gasteiger partial charge in [0.1, 0.15) is 11.8 Å². The molecule has 0 aliphatic heterocycles. The van der Waals surface area contributed by atoms with Crippen LogP contribution in [0.25, 0.3) is 0 Å². The molecule has 0 radical (unpaired) electrons. The molecule has 8 nitrogen and oxygen atoms in total. The third-order valence-corrected chi connectivity index (χ3v) is 7.52. The van der Waals surface area contributed by atoms with Gasteiger partial charge in [0.25, 0.3) is 0 Å². The molecule has 0 saturated heterocycles. The quantitative estimate of drug-likeness (QED) is 0.362. The van der Waals surface area contributed by atoms with Crippen LogP contribution in [0.5, 0.6) is 5.75 Å². The van der Waals surface area contributed by atoms with Crippen LogP contribution in [-0.2, 0) is 39.0 Å². The van der Waals surface area contributed by atoms with Gasteiger partial charge in [-0.25, -0.2) is 8.42 Å². The molecule has 0 aromatic heterocycles. The van der Waals surface area contributed by atoms with E-state index in [0.29, 0.717) is 13.0 Å². The van der Waals surface area contributed by atoms with E-state index < -0.39 is 22.0 Å². The van der Waals surface area contributed by atoms with Gasteiger partial charge in [0.05, 0.1) is 19.9 Å². The standard InChI is InChI=1S/C29H35N3O5S/c1-31(38(3,35)36)22-28(33)32(21-25-12-8-5-9-13-25)27(20-24-10-6-4-7-11-24)29(34)30-19-18-23-14-16-26(37-2)17-15-23/h4-17,27H,18-22H2,1-3H3,(H,30,34). The van der Waals surface area contributed by atoms with Gasteiger partial charge in [-0.15, -0.1) is 0 Å². The number of carbonyl (C=O) groups is 2. The fraction of sp³-hybridized carbons (Fsp3) is 0.310. The van der Waals surface area contributed by atoms with Crippen molar-refractivity contribution in [1.82, 2.24) is 14.5 Å². The smallest absolute Gasteiger partial charge is 0.243 e. The fourth-order valence-electron chi connectivity index (χ4n) is 3.97. The second kappa shape index (κ2) is 13.7. The highest BCUT2D eigenvalue weighted by molar-refractivity contribution is 7.88. The van der Waals surface area contributed by atoms with Crippen LogP contribution in [0.1, 0.15) is 16.7 Å². The Morgan fingerprint density at radius 1 is 0.868 bits per heavy atom. The maximum absolute atomic E-state index is 13.6. The van der Waals surface area contributed by atoms with E-state index in [1.165, 1.54) is 11.9 Å². The lowest BCUT2D eigenvalue weighted by Gasteiger charge is -2.32. The van der Waals surface area contributed by atoms with Crippen LogP contribution >= 0.6 is 0 Å². The number of nitrogens with zero attached hydrogens (tertiary/aromatic N) is 2. The molecule has 202 valence electrons. The first kappa shape index (κ1) is 28.9. The predicted molar refractivity (Wildman–Crippen MR) is 148 cm³/mol. The monoisotopic (exact) mass is 537 g/mol. The van der Waals surface area contributed by atoms with Crippen molar-refractivity contribution >= 4 is 21.8 Å². The molecule has 0 bridgehead atoms. The van der Waals surface area contributed by atoms with Gasteiger partial charge in [-0.1, -0.05) is 72.8 Å². The normalized spacial score (nSPS) is 12.1. The lowest BCUT2D eigenvalue weighted by Crippen LogP contribution is -2.53. The van der Waals surface area contributed by atoms with Crippen molar-refractivity contribution in [3.05, 3.63) is 102 Å². The van der Waals surface area contributed by atoms with Crippen LogP contribution in [0.4, 0.5) is 0 Å². The van der Waals surface area contributed by atoms with E-state index in [9.17, 15) is 18.0 Å². The summed E-state index contributed by atoms with van der Waals surface area (Å²) in [5.74, 6) is 0.0107. The molecule has 0 fully saturated rings. The summed E-state index contributed by atoms with van der Waals surface area (Å²) >= 11 is 0. The lowest BCUT2D eigenvalue weighted by molar-refractivity contribution is -0.141. The zero-order chi connectivity index (χ0) is 27.5. The van der Waals surface area contributed by atoms with E-state index in [-0.39, 0.29) is 25.4 Å². The van der Waals surface area contributed by atoms with Crippen molar-refractivity contribution in [1.29, 1.82) is 0 Å². The highest BCUT2D eigenvalue weighted by Gasteiger charge is 2.31. The van der Waals surface area contributed by atoms with Gasteiger partial charge in [-0.3, -0.25) is 9.59 Å². The Morgan fingerprint density at radius 3 is 2.00 bits per heavy atom. The van der Waals surface area contributed by atoms with Crippen LogP contribution < -0.4 is 10.1 Å². The van der Waals surface area contributed by atoms with Crippen molar-refractivity contribution in [2.75, 3.05) is 33.5 Å².